The van der Waals surface area contributed by atoms with Crippen LogP contribution >= 0.6 is 0 Å². The zero-order valence-corrected chi connectivity index (χ0v) is 62.2. The summed E-state index contributed by atoms with van der Waals surface area (Å²) in [6.45, 7) is 14.7. The Hall–Kier alpha value is -13.5. The van der Waals surface area contributed by atoms with E-state index < -0.39 is 29.3 Å². The number of likely N-dealkylation sites (tertiary alicyclic amines) is 2. The van der Waals surface area contributed by atoms with Crippen molar-refractivity contribution in [3.63, 3.8) is 0 Å². The van der Waals surface area contributed by atoms with Gasteiger partial charge in [-0.2, -0.15) is 46.4 Å². The molecule has 3 saturated carbocycles. The van der Waals surface area contributed by atoms with Crippen LogP contribution in [0.4, 0.5) is 22.2 Å². The van der Waals surface area contributed by atoms with E-state index in [1.807, 2.05) is 81.3 Å². The molecule has 0 atom stereocenters. The van der Waals surface area contributed by atoms with Crippen molar-refractivity contribution in [2.75, 3.05) is 56.5 Å². The Labute approximate surface area is 654 Å². The Morgan fingerprint density at radius 3 is 1.19 bits per heavy atom. The normalized spacial score (nSPS) is 19.9. The van der Waals surface area contributed by atoms with E-state index in [9.17, 15) is 44.6 Å². The fraction of sp³-hybridized carbons (Fsp3) is 0.395. The van der Waals surface area contributed by atoms with Gasteiger partial charge in [-0.25, -0.2) is 23.6 Å². The summed E-state index contributed by atoms with van der Waals surface area (Å²) in [5.74, 6) is 7.05. The summed E-state index contributed by atoms with van der Waals surface area (Å²) in [6, 6.07) is 28.8. The van der Waals surface area contributed by atoms with Crippen LogP contribution < -0.4 is 39.7 Å². The molecule has 3 aliphatic carbocycles. The van der Waals surface area contributed by atoms with Gasteiger partial charge in [-0.1, -0.05) is 81.3 Å². The number of nitrogens with two attached hydrogens (primary N) is 6. The third-order valence-electron chi connectivity index (χ3n) is 21.4. The zero-order chi connectivity index (χ0) is 79.3. The molecule has 9 aromatic rings. The number of anilines is 3. The van der Waals surface area contributed by atoms with E-state index in [-0.39, 0.29) is 84.1 Å². The Morgan fingerprint density at radius 1 is 0.531 bits per heavy atom. The molecule has 0 unspecified atom stereocenters. The quantitative estimate of drug-likeness (QED) is 0.0447. The molecule has 14 N–H and O–H groups in total. The standard InChI is InChI=1S/C27H32N8O3.C26H26N8O2.C22H24N8O.C4H4O2.2CH4/c1-26(2,3)38-25(37)33-9-8-27(16-33)10-20(11-27)35-23(29)21(24(30)36)22(32-35)19-13-31-34(15-19)14-18-7-5-4-6-17(18)12-28;1-2-5-21(35)32-9-8-26(16-32)10-20(11-26)34-24(28)22(25(29)36)23(31-34)19-13-30-33(15-19)14-18-7-4-3-6-17(18)12-27;23-9-14-3-1-2-4-15(14)11-29-12-16(10-27-29)19-18(21(25)31)20(24)30(28-19)17-7-22(8-17)5-6-26-13-22;1-2-3-4(5)6;;/h4-7,13,15,20H,8-11,14,16,29H2,1-3H3,(H2,30,36);3-4,6-7,13,15,20H,8-11,14,16,28H2,1H3,(H2,29,36);1-4,10,12,17,26H,5-8,11,13,24H2,(H2,25,31);1H3,(H,5,6);2*1H4. The number of nitriles is 3. The van der Waals surface area contributed by atoms with E-state index in [2.05, 4.69) is 56.6 Å². The molecule has 32 heteroatoms. The second-order valence-electron chi connectivity index (χ2n) is 30.1. The number of carboxylic acid groups (broad SMARTS) is 1. The van der Waals surface area contributed by atoms with Gasteiger partial charge >= 0.3 is 12.1 Å². The highest BCUT2D eigenvalue weighted by Crippen LogP contribution is 2.57. The monoisotopic (exact) mass is 1530 g/mol. The number of rotatable bonds is 15. The Balaban J connectivity index is 0.000000172. The maximum absolute atomic E-state index is 12.5. The molecule has 3 aromatic carbocycles. The minimum atomic E-state index is -1.07. The minimum Gasteiger partial charge on any atom is -0.472 e. The molecule has 0 radical (unpaired) electrons. The third-order valence-corrected chi connectivity index (χ3v) is 21.4. The van der Waals surface area contributed by atoms with Crippen LogP contribution in [-0.2, 0) is 34.0 Å². The first-order valence-electron chi connectivity index (χ1n) is 36.2. The highest BCUT2D eigenvalue weighted by molar-refractivity contribution is 6.05. The molecule has 9 heterocycles. The highest BCUT2D eigenvalue weighted by Gasteiger charge is 2.53. The number of ether oxygens (including phenoxy) is 1. The van der Waals surface area contributed by atoms with Crippen molar-refractivity contribution < 1.29 is 38.6 Å². The maximum atomic E-state index is 12.5. The second-order valence-corrected chi connectivity index (χ2v) is 30.1. The van der Waals surface area contributed by atoms with Crippen molar-refractivity contribution in [2.45, 2.75) is 151 Å². The van der Waals surface area contributed by atoms with Crippen LogP contribution in [0.5, 0.6) is 0 Å². The number of carbonyl (C=O) groups is 6. The number of nitrogens with zero attached hydrogens (tertiary/aromatic N) is 17. The molecular formula is C81H94N24O8. The number of primary amides is 3. The van der Waals surface area contributed by atoms with Gasteiger partial charge in [-0.05, 0) is 156 Å². The van der Waals surface area contributed by atoms with Gasteiger partial charge in [0, 0.05) is 73.9 Å². The van der Waals surface area contributed by atoms with Crippen LogP contribution in [0.25, 0.3) is 33.8 Å². The van der Waals surface area contributed by atoms with E-state index in [0.29, 0.717) is 108 Å². The SMILES string of the molecule is C.C.CC#CC(=O)N1CCC2(CC(n3nc(-c4cnn(Cc5ccccc5C#N)c4)c(C(N)=O)c3N)C2)C1.CC#CC(=O)O.CC(C)(C)OC(=O)N1CCC2(CC(n3nc(-c4cnn(Cc5ccccc5C#N)c4)c(C(N)=O)c3N)C2)C1.N#Cc1ccccc1Cn1cc(-c2nn(C3CC4(CCNC4)C3)c(N)c2C(N)=O)cn1. The van der Waals surface area contributed by atoms with E-state index in [1.54, 1.807) is 100 Å². The van der Waals surface area contributed by atoms with Crippen molar-refractivity contribution in [1.82, 2.24) is 73.8 Å². The minimum absolute atomic E-state index is 0. The zero-order valence-electron chi connectivity index (χ0n) is 62.2. The fourth-order valence-electron chi connectivity index (χ4n) is 16.0. The van der Waals surface area contributed by atoms with Crippen LogP contribution in [0, 0.1) is 73.9 Å². The highest BCUT2D eigenvalue weighted by atomic mass is 16.6. The average molecular weight is 1530 g/mol. The predicted octanol–water partition coefficient (Wildman–Crippen LogP) is 8.26. The topological polar surface area (TPSA) is 485 Å². The molecule has 3 saturated heterocycles. The second kappa shape index (κ2) is 33.8. The van der Waals surface area contributed by atoms with E-state index in [4.69, 9.17) is 59.5 Å². The van der Waals surface area contributed by atoms with E-state index in [1.165, 1.54) is 6.92 Å². The molecule has 3 spiro atoms. The molecule has 32 nitrogen and oxygen atoms in total. The van der Waals surface area contributed by atoms with Crippen molar-refractivity contribution in [3.05, 3.63) is 160 Å². The summed E-state index contributed by atoms with van der Waals surface area (Å²) in [7, 11) is 0. The number of carbonyl (C=O) groups excluding carboxylic acids is 5. The van der Waals surface area contributed by atoms with Gasteiger partial charge in [0.2, 0.25) is 0 Å². The molecule has 5 amide bonds. The molecule has 6 fully saturated rings. The number of nitrogen functional groups attached to an aromatic ring is 3. The average Bonchev–Trinajstić information content (AvgIpc) is 1.60. The summed E-state index contributed by atoms with van der Waals surface area (Å²) in [6.07, 6.45) is 18.1. The van der Waals surface area contributed by atoms with E-state index >= 15 is 0 Å². The fourth-order valence-corrected chi connectivity index (χ4v) is 16.0. The first-order valence-corrected chi connectivity index (χ1v) is 36.2. The van der Waals surface area contributed by atoms with E-state index in [0.717, 1.165) is 87.6 Å². The van der Waals surface area contributed by atoms with Gasteiger partial charge in [0.15, 0.2) is 0 Å². The van der Waals surface area contributed by atoms with Crippen molar-refractivity contribution in [3.8, 4) is 75.7 Å². The lowest BCUT2D eigenvalue weighted by molar-refractivity contribution is -0.130. The number of nitrogens with one attached hydrogen (secondary N) is 1. The number of amides is 5. The predicted molar refractivity (Wildman–Crippen MR) is 421 cm³/mol. The van der Waals surface area contributed by atoms with Gasteiger partial charge in [-0.15, -0.1) is 0 Å². The smallest absolute Gasteiger partial charge is 0.410 e. The van der Waals surface area contributed by atoms with Crippen LogP contribution in [0.15, 0.2) is 110 Å². The van der Waals surface area contributed by atoms with Gasteiger partial charge in [0.1, 0.15) is 56.8 Å². The summed E-state index contributed by atoms with van der Waals surface area (Å²) < 4.78 is 15.8. The Bertz CT molecular complexity index is 5360. The number of aliphatic carboxylic acids is 1. The summed E-state index contributed by atoms with van der Waals surface area (Å²) >= 11 is 0. The van der Waals surface area contributed by atoms with Crippen molar-refractivity contribution in [1.29, 1.82) is 15.8 Å². The molecule has 6 aromatic heterocycles. The van der Waals surface area contributed by atoms with Crippen LogP contribution in [-0.4, -0.2) is 154 Å². The largest absolute Gasteiger partial charge is 0.472 e. The van der Waals surface area contributed by atoms with Gasteiger partial charge < -0.3 is 59.4 Å². The molecule has 0 bridgehead atoms. The molecule has 15 rings (SSSR count). The van der Waals surface area contributed by atoms with Gasteiger partial charge in [0.25, 0.3) is 23.6 Å². The van der Waals surface area contributed by atoms with Gasteiger partial charge in [0.05, 0.1) is 91.2 Å². The molecule has 6 aliphatic rings. The third kappa shape index (κ3) is 17.6. The summed E-state index contributed by atoms with van der Waals surface area (Å²) in [5, 5.41) is 66.5. The van der Waals surface area contributed by atoms with Crippen LogP contribution in [0.3, 0.4) is 0 Å². The first-order chi connectivity index (χ1) is 53.1. The summed E-state index contributed by atoms with van der Waals surface area (Å²) in [4.78, 5) is 74.6. The molecule has 3 aliphatic heterocycles. The van der Waals surface area contributed by atoms with Crippen LogP contribution in [0.1, 0.15) is 190 Å². The lowest BCUT2D eigenvalue weighted by Crippen LogP contribution is -2.43. The van der Waals surface area contributed by atoms with Gasteiger partial charge in [-0.3, -0.25) is 33.2 Å². The molecular weight excluding hydrogens is 1440 g/mol. The Morgan fingerprint density at radius 2 is 0.876 bits per heavy atom. The molecule has 586 valence electrons. The maximum Gasteiger partial charge on any atom is 0.410 e. The van der Waals surface area contributed by atoms with Crippen molar-refractivity contribution >= 4 is 53.1 Å². The lowest BCUT2D eigenvalue weighted by atomic mass is 9.65. The number of hydrogen-bond acceptors (Lipinski definition) is 20. The first kappa shape index (κ1) is 82.0. The van der Waals surface area contributed by atoms with Crippen LogP contribution in [0.2, 0.25) is 0 Å². The molecule has 113 heavy (non-hydrogen) atoms. The number of aromatic nitrogens is 12. The van der Waals surface area contributed by atoms with Crippen molar-refractivity contribution in [2.24, 2.45) is 33.4 Å². The number of hydrogen-bond donors (Lipinski definition) is 8. The number of benzene rings is 3. The number of carboxylic acids is 1. The summed E-state index contributed by atoms with van der Waals surface area (Å²) in [5.41, 5.74) is 44.0. The lowest BCUT2D eigenvalue weighted by Gasteiger charge is -2.45. The Kier molecular flexibility index (Phi) is 24.5.